The summed E-state index contributed by atoms with van der Waals surface area (Å²) in [5.74, 6) is 1.46. The zero-order valence-electron chi connectivity index (χ0n) is 12.5. The van der Waals surface area contributed by atoms with E-state index in [1.165, 1.54) is 11.1 Å². The highest BCUT2D eigenvalue weighted by atomic mass is 16.5. The molecule has 0 fully saturated rings. The summed E-state index contributed by atoms with van der Waals surface area (Å²) in [6, 6.07) is 8.78. The minimum absolute atomic E-state index is 0.573. The van der Waals surface area contributed by atoms with Gasteiger partial charge in [0.15, 0.2) is 0 Å². The molecule has 0 bridgehead atoms. The van der Waals surface area contributed by atoms with E-state index in [-0.39, 0.29) is 0 Å². The molecule has 0 atom stereocenters. The highest BCUT2D eigenvalue weighted by Crippen LogP contribution is 2.16. The van der Waals surface area contributed by atoms with Crippen LogP contribution in [-0.4, -0.2) is 29.8 Å². The highest BCUT2D eigenvalue weighted by Gasteiger charge is 2.04. The minimum Gasteiger partial charge on any atom is -0.383 e. The average molecular weight is 273 g/mol. The van der Waals surface area contributed by atoms with Crippen molar-refractivity contribution in [2.45, 2.75) is 26.3 Å². The number of hydrogen-bond acceptors (Lipinski definition) is 3. The smallest absolute Gasteiger partial charge is 0.203 e. The van der Waals surface area contributed by atoms with Crippen molar-refractivity contribution >= 4 is 5.95 Å². The molecular formula is C16H23N3O. The lowest BCUT2D eigenvalue weighted by Gasteiger charge is -2.11. The largest absolute Gasteiger partial charge is 0.383 e. The molecule has 0 spiro atoms. The van der Waals surface area contributed by atoms with E-state index in [1.54, 1.807) is 7.11 Å². The number of methoxy groups -OCH3 is 1. The quantitative estimate of drug-likeness (QED) is 0.788. The molecule has 4 heteroatoms. The molecule has 2 rings (SSSR count). The van der Waals surface area contributed by atoms with Gasteiger partial charge in [-0.25, -0.2) is 4.98 Å². The Morgan fingerprint density at radius 1 is 1.25 bits per heavy atom. The molecule has 4 nitrogen and oxygen atoms in total. The molecule has 0 unspecified atom stereocenters. The molecule has 2 aromatic rings. The summed E-state index contributed by atoms with van der Waals surface area (Å²) >= 11 is 0. The maximum atomic E-state index is 5.03. The number of aromatic nitrogens is 2. The van der Waals surface area contributed by atoms with Crippen molar-refractivity contribution in [2.75, 3.05) is 25.6 Å². The lowest BCUT2D eigenvalue weighted by atomic mass is 10.0. The number of benzene rings is 1. The van der Waals surface area contributed by atoms with Gasteiger partial charge in [-0.3, -0.25) is 0 Å². The normalized spacial score (nSPS) is 11.0. The third-order valence-electron chi connectivity index (χ3n) is 3.30. The molecule has 0 saturated carbocycles. The molecular weight excluding hydrogens is 250 g/mol. The fraction of sp³-hybridized carbons (Fsp3) is 0.438. The predicted octanol–water partition coefficient (Wildman–Crippen LogP) is 3.11. The number of rotatable bonds is 7. The van der Waals surface area contributed by atoms with Gasteiger partial charge in [0.05, 0.1) is 13.2 Å². The van der Waals surface area contributed by atoms with Crippen molar-refractivity contribution in [1.29, 1.82) is 0 Å². The van der Waals surface area contributed by atoms with Gasteiger partial charge in [0, 0.05) is 26.0 Å². The Kier molecular flexibility index (Phi) is 5.18. The van der Waals surface area contributed by atoms with Crippen LogP contribution >= 0.6 is 0 Å². The predicted molar refractivity (Wildman–Crippen MR) is 82.2 cm³/mol. The number of imidazole rings is 1. The Morgan fingerprint density at radius 2 is 2.00 bits per heavy atom. The second-order valence-electron chi connectivity index (χ2n) is 5.19. The lowest BCUT2D eigenvalue weighted by molar-refractivity contribution is 0.210. The molecule has 0 aliphatic carbocycles. The van der Waals surface area contributed by atoms with Gasteiger partial charge in [0.1, 0.15) is 0 Å². The van der Waals surface area contributed by atoms with E-state index < -0.39 is 0 Å². The van der Waals surface area contributed by atoms with Gasteiger partial charge in [0.25, 0.3) is 0 Å². The van der Waals surface area contributed by atoms with Gasteiger partial charge in [-0.1, -0.05) is 38.1 Å². The third kappa shape index (κ3) is 3.84. The van der Waals surface area contributed by atoms with E-state index in [0.717, 1.165) is 19.0 Å². The summed E-state index contributed by atoms with van der Waals surface area (Å²) in [4.78, 5) is 4.33. The van der Waals surface area contributed by atoms with Crippen LogP contribution in [0.15, 0.2) is 36.7 Å². The molecule has 20 heavy (non-hydrogen) atoms. The monoisotopic (exact) mass is 273 g/mol. The average Bonchev–Trinajstić information content (AvgIpc) is 2.87. The Bertz CT molecular complexity index is 517. The van der Waals surface area contributed by atoms with Crippen LogP contribution in [-0.2, 0) is 11.3 Å². The van der Waals surface area contributed by atoms with E-state index in [1.807, 2.05) is 12.4 Å². The van der Waals surface area contributed by atoms with E-state index in [9.17, 15) is 0 Å². The Hall–Kier alpha value is -1.81. The fourth-order valence-corrected chi connectivity index (χ4v) is 2.07. The maximum Gasteiger partial charge on any atom is 0.203 e. The summed E-state index contributed by atoms with van der Waals surface area (Å²) < 4.78 is 7.15. The summed E-state index contributed by atoms with van der Waals surface area (Å²) in [5.41, 5.74) is 2.65. The number of nitrogens with one attached hydrogen (secondary N) is 1. The van der Waals surface area contributed by atoms with Gasteiger partial charge in [-0.05, 0) is 17.0 Å². The Balaban J connectivity index is 2.00. The van der Waals surface area contributed by atoms with Crippen LogP contribution in [0.3, 0.4) is 0 Å². The summed E-state index contributed by atoms with van der Waals surface area (Å²) in [5, 5.41) is 3.27. The van der Waals surface area contributed by atoms with Crippen molar-refractivity contribution in [2.24, 2.45) is 0 Å². The highest BCUT2D eigenvalue weighted by molar-refractivity contribution is 5.29. The molecule has 0 saturated heterocycles. The van der Waals surface area contributed by atoms with Crippen LogP contribution in [0.2, 0.25) is 0 Å². The fourth-order valence-electron chi connectivity index (χ4n) is 2.07. The van der Waals surface area contributed by atoms with Crippen molar-refractivity contribution < 1.29 is 4.74 Å². The summed E-state index contributed by atoms with van der Waals surface area (Å²) in [7, 11) is 1.70. The second kappa shape index (κ2) is 7.10. The zero-order chi connectivity index (χ0) is 14.4. The Morgan fingerprint density at radius 3 is 2.65 bits per heavy atom. The molecule has 0 aliphatic heterocycles. The minimum atomic E-state index is 0.573. The molecule has 1 heterocycles. The van der Waals surface area contributed by atoms with Gasteiger partial charge in [-0.15, -0.1) is 0 Å². The number of anilines is 1. The summed E-state index contributed by atoms with van der Waals surface area (Å²) in [6.07, 6.45) is 3.81. The van der Waals surface area contributed by atoms with Crippen LogP contribution in [0, 0.1) is 0 Å². The second-order valence-corrected chi connectivity index (χ2v) is 5.19. The van der Waals surface area contributed by atoms with Gasteiger partial charge < -0.3 is 14.6 Å². The first-order chi connectivity index (χ1) is 9.70. The summed E-state index contributed by atoms with van der Waals surface area (Å²) in [6.45, 7) is 6.69. The van der Waals surface area contributed by atoms with Crippen LogP contribution < -0.4 is 5.32 Å². The standard InChI is InChI=1S/C16H23N3O/c1-13(2)15-6-4-14(5-7-15)12-19-10-8-17-16(19)18-9-11-20-3/h4-8,10,13H,9,11-12H2,1-3H3,(H,17,18). The van der Waals surface area contributed by atoms with E-state index in [4.69, 9.17) is 4.74 Å². The number of ether oxygens (including phenoxy) is 1. The molecule has 1 aromatic heterocycles. The molecule has 1 aromatic carbocycles. The topological polar surface area (TPSA) is 39.1 Å². The van der Waals surface area contributed by atoms with Crippen LogP contribution in [0.25, 0.3) is 0 Å². The van der Waals surface area contributed by atoms with Gasteiger partial charge >= 0.3 is 0 Å². The van der Waals surface area contributed by atoms with Gasteiger partial charge in [0.2, 0.25) is 5.95 Å². The molecule has 1 N–H and O–H groups in total. The molecule has 0 aliphatic rings. The molecule has 0 radical (unpaired) electrons. The van der Waals surface area contributed by atoms with Crippen molar-refractivity contribution in [3.8, 4) is 0 Å². The van der Waals surface area contributed by atoms with Crippen LogP contribution in [0.5, 0.6) is 0 Å². The van der Waals surface area contributed by atoms with Crippen molar-refractivity contribution in [1.82, 2.24) is 9.55 Å². The molecule has 108 valence electrons. The number of hydrogen-bond donors (Lipinski definition) is 1. The third-order valence-corrected chi connectivity index (χ3v) is 3.30. The van der Waals surface area contributed by atoms with E-state index in [0.29, 0.717) is 12.5 Å². The lowest BCUT2D eigenvalue weighted by Crippen LogP contribution is -2.12. The first-order valence-corrected chi connectivity index (χ1v) is 7.03. The SMILES string of the molecule is COCCNc1nccn1Cc1ccc(C(C)C)cc1. The first kappa shape index (κ1) is 14.6. The Labute approximate surface area is 120 Å². The van der Waals surface area contributed by atoms with Crippen LogP contribution in [0.4, 0.5) is 5.95 Å². The van der Waals surface area contributed by atoms with Crippen molar-refractivity contribution in [3.05, 3.63) is 47.8 Å². The zero-order valence-corrected chi connectivity index (χ0v) is 12.5. The van der Waals surface area contributed by atoms with E-state index >= 15 is 0 Å². The maximum absolute atomic E-state index is 5.03. The van der Waals surface area contributed by atoms with Crippen molar-refractivity contribution in [3.63, 3.8) is 0 Å². The first-order valence-electron chi connectivity index (χ1n) is 7.03. The molecule has 0 amide bonds. The van der Waals surface area contributed by atoms with E-state index in [2.05, 4.69) is 53.0 Å². The number of nitrogens with zero attached hydrogens (tertiary/aromatic N) is 2. The van der Waals surface area contributed by atoms with Crippen LogP contribution in [0.1, 0.15) is 30.9 Å². The van der Waals surface area contributed by atoms with Gasteiger partial charge in [-0.2, -0.15) is 0 Å².